The van der Waals surface area contributed by atoms with Crippen LogP contribution in [-0.2, 0) is 14.3 Å². The van der Waals surface area contributed by atoms with Crippen molar-refractivity contribution in [1.82, 2.24) is 4.57 Å². The second kappa shape index (κ2) is 10.7. The van der Waals surface area contributed by atoms with Crippen LogP contribution in [0.15, 0.2) is 69.6 Å². The second-order valence-corrected chi connectivity index (χ2v) is 9.82. The van der Waals surface area contributed by atoms with E-state index >= 15 is 0 Å². The number of nitro benzene ring substituents is 1. The van der Waals surface area contributed by atoms with Gasteiger partial charge in [-0.15, -0.1) is 0 Å². The third kappa shape index (κ3) is 4.77. The van der Waals surface area contributed by atoms with Crippen molar-refractivity contribution in [2.24, 2.45) is 4.99 Å². The molecule has 0 aliphatic carbocycles. The number of hydrogen-bond acceptors (Lipinski definition) is 9. The van der Waals surface area contributed by atoms with E-state index in [-0.39, 0.29) is 17.9 Å². The van der Waals surface area contributed by atoms with Gasteiger partial charge in [0.05, 0.1) is 46.6 Å². The van der Waals surface area contributed by atoms with E-state index in [1.54, 1.807) is 26.0 Å². The number of morpholine rings is 1. The average Bonchev–Trinajstić information content (AvgIpc) is 3.22. The molecule has 2 aromatic carbocycles. The molecule has 3 aromatic rings. The monoisotopic (exact) mass is 534 g/mol. The highest BCUT2D eigenvalue weighted by Crippen LogP contribution is 2.31. The maximum atomic E-state index is 13.9. The number of rotatable bonds is 6. The first-order chi connectivity index (χ1) is 18.4. The second-order valence-electron chi connectivity index (χ2n) is 8.81. The Morgan fingerprint density at radius 2 is 1.97 bits per heavy atom. The van der Waals surface area contributed by atoms with Gasteiger partial charge in [-0.2, -0.15) is 0 Å². The van der Waals surface area contributed by atoms with Crippen molar-refractivity contribution in [3.8, 4) is 0 Å². The van der Waals surface area contributed by atoms with Crippen molar-refractivity contribution in [2.75, 3.05) is 37.8 Å². The van der Waals surface area contributed by atoms with Crippen molar-refractivity contribution in [2.45, 2.75) is 19.9 Å². The molecule has 0 spiro atoms. The zero-order valence-corrected chi connectivity index (χ0v) is 21.8. The summed E-state index contributed by atoms with van der Waals surface area (Å²) >= 11 is 1.18. The lowest BCUT2D eigenvalue weighted by Gasteiger charge is -2.30. The van der Waals surface area contributed by atoms with Crippen LogP contribution in [0, 0.1) is 10.1 Å². The molecule has 1 atom stereocenters. The number of anilines is 1. The lowest BCUT2D eigenvalue weighted by Crippen LogP contribution is -2.40. The van der Waals surface area contributed by atoms with Gasteiger partial charge in [-0.3, -0.25) is 19.5 Å². The lowest BCUT2D eigenvalue weighted by atomic mass is 9.96. The van der Waals surface area contributed by atoms with Crippen molar-refractivity contribution in [3.63, 3.8) is 0 Å². The molecule has 0 radical (unpaired) electrons. The molecule has 3 heterocycles. The Labute approximate surface area is 221 Å². The largest absolute Gasteiger partial charge is 0.463 e. The van der Waals surface area contributed by atoms with Crippen LogP contribution in [0.2, 0.25) is 0 Å². The first kappa shape index (κ1) is 25.6. The van der Waals surface area contributed by atoms with Crippen molar-refractivity contribution >= 4 is 34.8 Å². The molecule has 5 rings (SSSR count). The zero-order chi connectivity index (χ0) is 26.8. The highest BCUT2D eigenvalue weighted by Gasteiger charge is 2.33. The summed E-state index contributed by atoms with van der Waals surface area (Å²) in [6, 6.07) is 13.2. The van der Waals surface area contributed by atoms with Crippen LogP contribution >= 0.6 is 11.3 Å². The molecule has 0 unspecified atom stereocenters. The molecule has 0 saturated carbocycles. The number of carbonyl (C=O) groups is 1. The van der Waals surface area contributed by atoms with Crippen molar-refractivity contribution in [1.29, 1.82) is 0 Å². The van der Waals surface area contributed by atoms with Gasteiger partial charge in [0.15, 0.2) is 4.80 Å². The third-order valence-corrected chi connectivity index (χ3v) is 7.48. The van der Waals surface area contributed by atoms with Crippen LogP contribution in [0.3, 0.4) is 0 Å². The molecule has 0 N–H and O–H groups in total. The fraction of sp³-hybridized carbons (Fsp3) is 0.296. The van der Waals surface area contributed by atoms with E-state index < -0.39 is 16.9 Å². The number of nitrogens with zero attached hydrogens (tertiary/aromatic N) is 4. The summed E-state index contributed by atoms with van der Waals surface area (Å²) < 4.78 is 12.7. The molecule has 11 heteroatoms. The Morgan fingerprint density at radius 3 is 2.66 bits per heavy atom. The van der Waals surface area contributed by atoms with E-state index in [2.05, 4.69) is 9.89 Å². The smallest absolute Gasteiger partial charge is 0.338 e. The third-order valence-electron chi connectivity index (χ3n) is 6.49. The number of ether oxygens (including phenoxy) is 2. The molecule has 38 heavy (non-hydrogen) atoms. The first-order valence-corrected chi connectivity index (χ1v) is 13.1. The van der Waals surface area contributed by atoms with E-state index in [9.17, 15) is 19.7 Å². The number of hydrogen-bond donors (Lipinski definition) is 0. The van der Waals surface area contributed by atoms with E-state index in [1.165, 1.54) is 28.0 Å². The molecule has 2 aliphatic rings. The summed E-state index contributed by atoms with van der Waals surface area (Å²) in [7, 11) is 0. The predicted molar refractivity (Wildman–Crippen MR) is 143 cm³/mol. The van der Waals surface area contributed by atoms with Gasteiger partial charge >= 0.3 is 5.97 Å². The number of fused-ring (bicyclic) bond motifs is 1. The number of aromatic nitrogens is 1. The Bertz CT molecular complexity index is 1600. The quantitative estimate of drug-likeness (QED) is 0.271. The van der Waals surface area contributed by atoms with E-state index in [1.807, 2.05) is 30.3 Å². The van der Waals surface area contributed by atoms with Crippen LogP contribution in [-0.4, -0.2) is 48.4 Å². The molecule has 196 valence electrons. The summed E-state index contributed by atoms with van der Waals surface area (Å²) in [6.07, 6.45) is 1.67. The SMILES string of the molecule is CCOC(=O)C1=C(C)N=c2s/c(=C\c3cc([N+](=O)[O-])ccc3N3CCOCC3)c(=O)n2[C@@H]1c1ccccc1. The molecule has 2 aliphatic heterocycles. The minimum Gasteiger partial charge on any atom is -0.463 e. The van der Waals surface area contributed by atoms with E-state index in [0.29, 0.717) is 52.5 Å². The highest BCUT2D eigenvalue weighted by atomic mass is 32.1. The minimum absolute atomic E-state index is 0.0661. The number of thiazole rings is 1. The lowest BCUT2D eigenvalue weighted by molar-refractivity contribution is -0.384. The Hall–Kier alpha value is -4.09. The fourth-order valence-electron chi connectivity index (χ4n) is 4.75. The topological polar surface area (TPSA) is 116 Å². The fourth-order valence-corrected chi connectivity index (χ4v) is 5.78. The maximum absolute atomic E-state index is 13.9. The molecule has 1 fully saturated rings. The number of nitro groups is 1. The van der Waals surface area contributed by atoms with Gasteiger partial charge < -0.3 is 14.4 Å². The molecule has 0 bridgehead atoms. The van der Waals surface area contributed by atoms with Crippen molar-refractivity contribution < 1.29 is 19.2 Å². The van der Waals surface area contributed by atoms with Gasteiger partial charge in [0.25, 0.3) is 11.2 Å². The summed E-state index contributed by atoms with van der Waals surface area (Å²) in [4.78, 5) is 45.1. The van der Waals surface area contributed by atoms with Gasteiger partial charge in [-0.25, -0.2) is 9.79 Å². The first-order valence-electron chi connectivity index (χ1n) is 12.2. The van der Waals surface area contributed by atoms with Crippen LogP contribution in [0.25, 0.3) is 6.08 Å². The van der Waals surface area contributed by atoms with Crippen molar-refractivity contribution in [3.05, 3.63) is 101 Å². The predicted octanol–water partition coefficient (Wildman–Crippen LogP) is 2.54. The Kier molecular flexibility index (Phi) is 7.21. The summed E-state index contributed by atoms with van der Waals surface area (Å²) in [5.41, 5.74) is 2.48. The number of benzene rings is 2. The molecule has 10 nitrogen and oxygen atoms in total. The zero-order valence-electron chi connectivity index (χ0n) is 21.0. The number of carbonyl (C=O) groups excluding carboxylic acids is 1. The molecule has 1 saturated heterocycles. The van der Waals surface area contributed by atoms with Gasteiger partial charge in [-0.05, 0) is 31.6 Å². The molecule has 1 aromatic heterocycles. The van der Waals surface area contributed by atoms with Gasteiger partial charge in [-0.1, -0.05) is 41.7 Å². The summed E-state index contributed by atoms with van der Waals surface area (Å²) in [5, 5.41) is 11.5. The van der Waals surface area contributed by atoms with Crippen LogP contribution in [0.1, 0.15) is 31.0 Å². The van der Waals surface area contributed by atoms with Crippen LogP contribution in [0.5, 0.6) is 0 Å². The minimum atomic E-state index is -0.711. The van der Waals surface area contributed by atoms with Crippen LogP contribution < -0.4 is 19.8 Å². The number of allylic oxidation sites excluding steroid dienone is 1. The Balaban J connectivity index is 1.71. The highest BCUT2D eigenvalue weighted by molar-refractivity contribution is 7.07. The molecular formula is C27H26N4O6S. The number of non-ortho nitro benzene ring substituents is 1. The molecular weight excluding hydrogens is 508 g/mol. The normalized spacial score (nSPS) is 17.7. The number of esters is 1. The van der Waals surface area contributed by atoms with Gasteiger partial charge in [0.2, 0.25) is 0 Å². The Morgan fingerprint density at radius 1 is 1.24 bits per heavy atom. The standard InChI is InChI=1S/C27H26N4O6S/c1-3-37-26(33)23-17(2)28-27-30(24(23)18-7-5-4-6-8-18)25(32)22(38-27)16-19-15-20(31(34)35)9-10-21(19)29-11-13-36-14-12-29/h4-10,15-16,24H,3,11-14H2,1-2H3/b22-16-/t24-/m1/s1. The molecule has 0 amide bonds. The van der Waals surface area contributed by atoms with Gasteiger partial charge in [0.1, 0.15) is 0 Å². The maximum Gasteiger partial charge on any atom is 0.338 e. The summed E-state index contributed by atoms with van der Waals surface area (Å²) in [6.45, 7) is 6.02. The van der Waals surface area contributed by atoms with E-state index in [0.717, 1.165) is 11.3 Å². The van der Waals surface area contributed by atoms with Gasteiger partial charge in [0, 0.05) is 36.5 Å². The average molecular weight is 535 g/mol. The van der Waals surface area contributed by atoms with E-state index in [4.69, 9.17) is 9.47 Å². The summed E-state index contributed by atoms with van der Waals surface area (Å²) in [5.74, 6) is -0.523. The van der Waals surface area contributed by atoms with Crippen LogP contribution in [0.4, 0.5) is 11.4 Å².